The highest BCUT2D eigenvalue weighted by Crippen LogP contribution is 2.32. The Balaban J connectivity index is 1.49. The van der Waals surface area contributed by atoms with Crippen LogP contribution >= 0.6 is 35.4 Å². The van der Waals surface area contributed by atoms with Gasteiger partial charge in [0.1, 0.15) is 11.5 Å². The van der Waals surface area contributed by atoms with Gasteiger partial charge in [-0.1, -0.05) is 35.3 Å². The number of phenols is 1. The van der Waals surface area contributed by atoms with Crippen LogP contribution in [0.2, 0.25) is 10.0 Å². The molecule has 4 aromatic rings. The third-order valence-corrected chi connectivity index (χ3v) is 5.13. The van der Waals surface area contributed by atoms with Gasteiger partial charge in [0.05, 0.1) is 5.02 Å². The number of carbonyl (C=O) groups excluding carboxylic acids is 1. The number of hydrogen-bond donors (Lipinski definition) is 3. The van der Waals surface area contributed by atoms with Gasteiger partial charge in [-0.25, -0.2) is 0 Å². The molecule has 0 fully saturated rings. The van der Waals surface area contributed by atoms with E-state index in [1.54, 1.807) is 42.5 Å². The van der Waals surface area contributed by atoms with Gasteiger partial charge < -0.3 is 14.8 Å². The number of hydrogen-bond acceptors (Lipinski definition) is 4. The summed E-state index contributed by atoms with van der Waals surface area (Å²) in [7, 11) is 0. The smallest absolute Gasteiger partial charge is 0.293 e. The fraction of sp³-hybridized carbons (Fsp3) is 0. The van der Waals surface area contributed by atoms with Crippen LogP contribution in [0.5, 0.6) is 5.75 Å². The second kappa shape index (κ2) is 8.36. The van der Waals surface area contributed by atoms with Crippen LogP contribution in [0.4, 0.5) is 5.69 Å². The molecule has 3 aromatic carbocycles. The molecule has 3 N–H and O–H groups in total. The molecule has 0 saturated carbocycles. The Labute approximate surface area is 187 Å². The summed E-state index contributed by atoms with van der Waals surface area (Å²) in [5, 5.41) is 18.0. The fourth-order valence-electron chi connectivity index (χ4n) is 2.99. The summed E-state index contributed by atoms with van der Waals surface area (Å²) in [4.78, 5) is 12.5. The quantitative estimate of drug-likeness (QED) is 0.318. The van der Waals surface area contributed by atoms with E-state index in [4.69, 9.17) is 39.8 Å². The summed E-state index contributed by atoms with van der Waals surface area (Å²) < 4.78 is 5.63. The van der Waals surface area contributed by atoms with E-state index in [2.05, 4.69) is 10.6 Å². The number of nitrogens with one attached hydrogen (secondary N) is 2. The third kappa shape index (κ3) is 4.26. The Morgan fingerprint density at radius 2 is 1.83 bits per heavy atom. The van der Waals surface area contributed by atoms with Gasteiger partial charge in [-0.15, -0.1) is 0 Å². The van der Waals surface area contributed by atoms with Crippen molar-refractivity contribution in [1.82, 2.24) is 5.32 Å². The molecule has 0 aliphatic carbocycles. The molecule has 150 valence electrons. The third-order valence-electron chi connectivity index (χ3n) is 4.36. The predicted octanol–water partition coefficient (Wildman–Crippen LogP) is 6.24. The van der Waals surface area contributed by atoms with Crippen LogP contribution < -0.4 is 10.6 Å². The zero-order valence-electron chi connectivity index (χ0n) is 15.3. The van der Waals surface area contributed by atoms with Gasteiger partial charge in [-0.05, 0) is 72.2 Å². The summed E-state index contributed by atoms with van der Waals surface area (Å²) in [5.41, 5.74) is 1.28. The molecule has 1 heterocycles. The monoisotopic (exact) mass is 456 g/mol. The van der Waals surface area contributed by atoms with Crippen molar-refractivity contribution >= 4 is 62.9 Å². The van der Waals surface area contributed by atoms with E-state index in [1.807, 2.05) is 18.2 Å². The van der Waals surface area contributed by atoms with Crippen molar-refractivity contribution < 1.29 is 14.3 Å². The second-order valence-corrected chi connectivity index (χ2v) is 7.66. The van der Waals surface area contributed by atoms with E-state index in [0.717, 1.165) is 10.8 Å². The van der Waals surface area contributed by atoms with Gasteiger partial charge in [0, 0.05) is 21.7 Å². The summed E-state index contributed by atoms with van der Waals surface area (Å²) in [5.74, 6) is 0.159. The number of furan rings is 1. The maximum absolute atomic E-state index is 12.5. The Morgan fingerprint density at radius 3 is 2.67 bits per heavy atom. The molecule has 0 aliphatic heterocycles. The number of aromatic hydroxyl groups is 1. The Bertz CT molecular complexity index is 1290. The number of halogens is 2. The minimum Gasteiger partial charge on any atom is -0.508 e. The average molecular weight is 457 g/mol. The normalized spacial score (nSPS) is 10.7. The molecule has 1 amide bonds. The lowest BCUT2D eigenvalue weighted by Crippen LogP contribution is -2.33. The molecular weight excluding hydrogens is 443 g/mol. The largest absolute Gasteiger partial charge is 0.508 e. The topological polar surface area (TPSA) is 74.5 Å². The van der Waals surface area contributed by atoms with Crippen LogP contribution in [0, 0.1) is 0 Å². The number of anilines is 1. The number of amides is 1. The fourth-order valence-corrected chi connectivity index (χ4v) is 3.57. The van der Waals surface area contributed by atoms with Crippen molar-refractivity contribution in [3.8, 4) is 17.1 Å². The van der Waals surface area contributed by atoms with E-state index in [0.29, 0.717) is 27.1 Å². The first-order valence-electron chi connectivity index (χ1n) is 8.80. The van der Waals surface area contributed by atoms with Crippen LogP contribution in [0.1, 0.15) is 10.6 Å². The van der Waals surface area contributed by atoms with Gasteiger partial charge in [-0.3, -0.25) is 10.1 Å². The van der Waals surface area contributed by atoms with Crippen LogP contribution in [-0.2, 0) is 0 Å². The van der Waals surface area contributed by atoms with Gasteiger partial charge >= 0.3 is 0 Å². The number of fused-ring (bicyclic) bond motifs is 1. The lowest BCUT2D eigenvalue weighted by atomic mass is 10.1. The molecule has 0 bridgehead atoms. The minimum atomic E-state index is -0.505. The molecule has 8 heteroatoms. The second-order valence-electron chi connectivity index (χ2n) is 6.41. The molecule has 0 spiro atoms. The number of thiocarbonyl (C=S) groups is 1. The standard InChI is InChI=1S/C22H14Cl2N2O3S/c23-13-4-7-17(24)16(11-13)19-8-9-20(29-19)21(28)26-22(30)25-18-3-1-2-12-10-14(27)5-6-15(12)18/h1-11,27H,(H2,25,26,28,30). The number of benzene rings is 3. The van der Waals surface area contributed by atoms with Crippen molar-refractivity contribution in [2.75, 3.05) is 5.32 Å². The molecule has 0 radical (unpaired) electrons. The Kier molecular flexibility index (Phi) is 5.63. The number of rotatable bonds is 3. The molecule has 0 aliphatic rings. The van der Waals surface area contributed by atoms with Gasteiger partial charge in [0.2, 0.25) is 0 Å². The highest BCUT2D eigenvalue weighted by Gasteiger charge is 2.16. The predicted molar refractivity (Wildman–Crippen MR) is 123 cm³/mol. The maximum Gasteiger partial charge on any atom is 0.293 e. The molecule has 4 rings (SSSR count). The van der Waals surface area contributed by atoms with Crippen molar-refractivity contribution in [3.05, 3.63) is 82.5 Å². The number of phenolic OH excluding ortho intramolecular Hbond substituents is 1. The molecule has 0 unspecified atom stereocenters. The van der Waals surface area contributed by atoms with Crippen molar-refractivity contribution in [2.45, 2.75) is 0 Å². The van der Waals surface area contributed by atoms with Gasteiger partial charge in [0.15, 0.2) is 10.9 Å². The lowest BCUT2D eigenvalue weighted by Gasteiger charge is -2.11. The highest BCUT2D eigenvalue weighted by atomic mass is 35.5. The molecular formula is C22H14Cl2N2O3S. The van der Waals surface area contributed by atoms with E-state index in [-0.39, 0.29) is 16.6 Å². The Morgan fingerprint density at radius 1 is 1.00 bits per heavy atom. The van der Waals surface area contributed by atoms with E-state index in [1.165, 1.54) is 6.07 Å². The minimum absolute atomic E-state index is 0.0769. The van der Waals surface area contributed by atoms with Crippen LogP contribution in [0.25, 0.3) is 22.1 Å². The summed E-state index contributed by atoms with van der Waals surface area (Å²) in [6, 6.07) is 18.7. The first-order valence-corrected chi connectivity index (χ1v) is 9.96. The molecule has 30 heavy (non-hydrogen) atoms. The summed E-state index contributed by atoms with van der Waals surface area (Å²) in [6.07, 6.45) is 0. The zero-order chi connectivity index (χ0) is 21.3. The van der Waals surface area contributed by atoms with Crippen LogP contribution in [0.3, 0.4) is 0 Å². The summed E-state index contributed by atoms with van der Waals surface area (Å²) >= 11 is 17.5. The molecule has 1 aromatic heterocycles. The first kappa shape index (κ1) is 20.2. The molecule has 5 nitrogen and oxygen atoms in total. The zero-order valence-corrected chi connectivity index (χ0v) is 17.6. The number of carbonyl (C=O) groups is 1. The van der Waals surface area contributed by atoms with E-state index < -0.39 is 5.91 Å². The first-order chi connectivity index (χ1) is 14.4. The van der Waals surface area contributed by atoms with Gasteiger partial charge in [0.25, 0.3) is 5.91 Å². The Hall–Kier alpha value is -3.06. The average Bonchev–Trinajstić information content (AvgIpc) is 3.20. The SMILES string of the molecule is O=C(NC(=S)Nc1cccc2cc(O)ccc12)c1ccc(-c2cc(Cl)ccc2Cl)o1. The van der Waals surface area contributed by atoms with E-state index in [9.17, 15) is 9.90 Å². The highest BCUT2D eigenvalue weighted by molar-refractivity contribution is 7.80. The molecule has 0 atom stereocenters. The van der Waals surface area contributed by atoms with E-state index >= 15 is 0 Å². The van der Waals surface area contributed by atoms with Gasteiger partial charge in [-0.2, -0.15) is 0 Å². The molecule has 0 saturated heterocycles. The van der Waals surface area contributed by atoms with Crippen molar-refractivity contribution in [3.63, 3.8) is 0 Å². The maximum atomic E-state index is 12.5. The lowest BCUT2D eigenvalue weighted by molar-refractivity contribution is 0.0951. The van der Waals surface area contributed by atoms with Crippen LogP contribution in [-0.4, -0.2) is 16.1 Å². The van der Waals surface area contributed by atoms with Crippen molar-refractivity contribution in [1.29, 1.82) is 0 Å². The van der Waals surface area contributed by atoms with Crippen LogP contribution in [0.15, 0.2) is 71.1 Å². The summed E-state index contributed by atoms with van der Waals surface area (Å²) in [6.45, 7) is 0. The van der Waals surface area contributed by atoms with Crippen molar-refractivity contribution in [2.24, 2.45) is 0 Å².